The van der Waals surface area contributed by atoms with E-state index in [1.165, 1.54) is 56.5 Å². The number of likely N-dealkylation sites (tertiary alicyclic amines) is 1. The third kappa shape index (κ3) is 4.27. The number of hydrogen-bond acceptors (Lipinski definition) is 2. The molecule has 0 aromatic carbocycles. The highest BCUT2D eigenvalue weighted by Gasteiger charge is 2.30. The molecule has 25 heavy (non-hydrogen) atoms. The molecule has 1 unspecified atom stereocenters. The molecule has 1 atom stereocenters. The third-order valence-corrected chi connectivity index (χ3v) is 6.57. The highest BCUT2D eigenvalue weighted by atomic mass is 16.2. The van der Waals surface area contributed by atoms with Crippen molar-refractivity contribution in [1.82, 2.24) is 14.5 Å². The predicted octanol–water partition coefficient (Wildman–Crippen LogP) is 3.96. The average Bonchev–Trinajstić information content (AvgIpc) is 3.21. The maximum absolute atomic E-state index is 12.6. The van der Waals surface area contributed by atoms with Crippen molar-refractivity contribution >= 4 is 5.91 Å². The quantitative estimate of drug-likeness (QED) is 0.784. The molecule has 1 aliphatic heterocycles. The van der Waals surface area contributed by atoms with E-state index in [9.17, 15) is 4.79 Å². The van der Waals surface area contributed by atoms with Gasteiger partial charge < -0.3 is 9.47 Å². The Hall–Kier alpha value is -1.32. The van der Waals surface area contributed by atoms with E-state index in [4.69, 9.17) is 0 Å². The minimum absolute atomic E-state index is 0.409. The Balaban J connectivity index is 1.29. The molecule has 2 saturated carbocycles. The van der Waals surface area contributed by atoms with Crippen LogP contribution < -0.4 is 0 Å². The number of rotatable bonds is 6. The fraction of sp³-hybridized carbons (Fsp3) is 0.810. The fourth-order valence-corrected chi connectivity index (χ4v) is 4.73. The van der Waals surface area contributed by atoms with Crippen LogP contribution in [0.5, 0.6) is 0 Å². The highest BCUT2D eigenvalue weighted by Crippen LogP contribution is 2.32. The molecule has 1 amide bonds. The summed E-state index contributed by atoms with van der Waals surface area (Å²) < 4.78 is 2.43. The van der Waals surface area contributed by atoms with E-state index < -0.39 is 0 Å². The van der Waals surface area contributed by atoms with Crippen molar-refractivity contribution in [2.45, 2.75) is 77.7 Å². The van der Waals surface area contributed by atoms with Crippen molar-refractivity contribution in [1.29, 1.82) is 0 Å². The summed E-state index contributed by atoms with van der Waals surface area (Å²) in [5.74, 6) is 3.78. The van der Waals surface area contributed by atoms with Crippen molar-refractivity contribution in [2.75, 3.05) is 13.1 Å². The van der Waals surface area contributed by atoms with Gasteiger partial charge in [-0.15, -0.1) is 0 Å². The molecule has 4 nitrogen and oxygen atoms in total. The van der Waals surface area contributed by atoms with Gasteiger partial charge in [0.25, 0.3) is 0 Å². The Bertz CT molecular complexity index is 598. The summed E-state index contributed by atoms with van der Waals surface area (Å²) in [5, 5.41) is 0. The Morgan fingerprint density at radius 1 is 1.08 bits per heavy atom. The van der Waals surface area contributed by atoms with Gasteiger partial charge in [-0.25, -0.2) is 4.98 Å². The minimum Gasteiger partial charge on any atom is -0.342 e. The van der Waals surface area contributed by atoms with Crippen LogP contribution in [-0.2, 0) is 17.8 Å². The first-order valence-electron chi connectivity index (χ1n) is 10.5. The van der Waals surface area contributed by atoms with Gasteiger partial charge in [0.15, 0.2) is 0 Å². The minimum atomic E-state index is 0.409. The summed E-state index contributed by atoms with van der Waals surface area (Å²) in [5.41, 5.74) is 1.30. The van der Waals surface area contributed by atoms with E-state index in [2.05, 4.69) is 21.4 Å². The molecule has 4 rings (SSSR count). The number of carbonyl (C=O) groups is 1. The smallest absolute Gasteiger partial charge is 0.222 e. The molecule has 0 N–H and O–H groups in total. The van der Waals surface area contributed by atoms with Gasteiger partial charge in [0, 0.05) is 44.4 Å². The highest BCUT2D eigenvalue weighted by molar-refractivity contribution is 5.76. The zero-order valence-corrected chi connectivity index (χ0v) is 15.8. The molecule has 1 saturated heterocycles. The van der Waals surface area contributed by atoms with Crippen molar-refractivity contribution in [3.63, 3.8) is 0 Å². The van der Waals surface area contributed by atoms with E-state index in [1.807, 2.05) is 6.20 Å². The molecule has 4 heteroatoms. The lowest BCUT2D eigenvalue weighted by Crippen LogP contribution is -2.31. The first-order chi connectivity index (χ1) is 12.2. The largest absolute Gasteiger partial charge is 0.342 e. The van der Waals surface area contributed by atoms with Crippen molar-refractivity contribution in [2.24, 2.45) is 17.8 Å². The van der Waals surface area contributed by atoms with Crippen LogP contribution in [0.1, 0.15) is 69.3 Å². The van der Waals surface area contributed by atoms with Crippen LogP contribution in [-0.4, -0.2) is 33.4 Å². The van der Waals surface area contributed by atoms with E-state index in [-0.39, 0.29) is 0 Å². The normalized spacial score (nSPS) is 24.8. The van der Waals surface area contributed by atoms with Crippen LogP contribution in [0.15, 0.2) is 6.20 Å². The molecule has 2 heterocycles. The standard InChI is InChI=1S/C21H33N3O/c1-16-13-22-20(24(16)15-18-7-8-18)11-19-9-10-23(14-19)21(25)12-17-5-3-2-4-6-17/h13,17-19H,2-12,14-15H2,1H3. The predicted molar refractivity (Wildman–Crippen MR) is 99.3 cm³/mol. The van der Waals surface area contributed by atoms with E-state index >= 15 is 0 Å². The van der Waals surface area contributed by atoms with Crippen LogP contribution in [0.25, 0.3) is 0 Å². The number of amides is 1. The maximum Gasteiger partial charge on any atom is 0.222 e. The number of aryl methyl sites for hydroxylation is 1. The molecule has 138 valence electrons. The lowest BCUT2D eigenvalue weighted by Gasteiger charge is -2.24. The van der Waals surface area contributed by atoms with E-state index in [0.29, 0.717) is 17.7 Å². The topological polar surface area (TPSA) is 38.1 Å². The monoisotopic (exact) mass is 343 g/mol. The SMILES string of the molecule is Cc1cnc(CC2CCN(C(=O)CC3CCCCC3)C2)n1CC1CC1. The second kappa shape index (κ2) is 7.51. The van der Waals surface area contributed by atoms with Crippen molar-refractivity contribution < 1.29 is 4.79 Å². The lowest BCUT2D eigenvalue weighted by molar-refractivity contribution is -0.131. The zero-order chi connectivity index (χ0) is 17.2. The average molecular weight is 344 g/mol. The molecule has 1 aromatic rings. The summed E-state index contributed by atoms with van der Waals surface area (Å²) >= 11 is 0. The summed E-state index contributed by atoms with van der Waals surface area (Å²) in [6.45, 7) is 5.23. The molecule has 0 spiro atoms. The summed E-state index contributed by atoms with van der Waals surface area (Å²) in [6.07, 6.45) is 14.3. The second-order valence-electron chi connectivity index (χ2n) is 8.78. The second-order valence-corrected chi connectivity index (χ2v) is 8.78. The maximum atomic E-state index is 12.6. The Labute approximate surface area is 152 Å². The van der Waals surface area contributed by atoms with Crippen LogP contribution in [0.3, 0.4) is 0 Å². The van der Waals surface area contributed by atoms with Gasteiger partial charge in [-0.3, -0.25) is 4.79 Å². The van der Waals surface area contributed by atoms with Gasteiger partial charge in [-0.1, -0.05) is 19.3 Å². The Morgan fingerprint density at radius 3 is 2.64 bits per heavy atom. The molecule has 1 aromatic heterocycles. The van der Waals surface area contributed by atoms with Crippen molar-refractivity contribution in [3.05, 3.63) is 17.7 Å². The lowest BCUT2D eigenvalue weighted by atomic mass is 9.87. The van der Waals surface area contributed by atoms with E-state index in [1.54, 1.807) is 0 Å². The first kappa shape index (κ1) is 17.1. The molecule has 2 aliphatic carbocycles. The fourth-order valence-electron chi connectivity index (χ4n) is 4.73. The van der Waals surface area contributed by atoms with Crippen molar-refractivity contribution in [3.8, 4) is 0 Å². The molecule has 3 fully saturated rings. The van der Waals surface area contributed by atoms with Gasteiger partial charge in [0.2, 0.25) is 5.91 Å². The van der Waals surface area contributed by atoms with Gasteiger partial charge in [0.05, 0.1) is 0 Å². The van der Waals surface area contributed by atoms with Crippen LogP contribution in [0.4, 0.5) is 0 Å². The van der Waals surface area contributed by atoms with Gasteiger partial charge in [0.1, 0.15) is 5.82 Å². The molecular formula is C21H33N3O. The number of aromatic nitrogens is 2. The number of hydrogen-bond donors (Lipinski definition) is 0. The number of imidazole rings is 1. The zero-order valence-electron chi connectivity index (χ0n) is 15.8. The van der Waals surface area contributed by atoms with Gasteiger partial charge >= 0.3 is 0 Å². The number of nitrogens with zero attached hydrogens (tertiary/aromatic N) is 3. The molecular weight excluding hydrogens is 310 g/mol. The Morgan fingerprint density at radius 2 is 1.88 bits per heavy atom. The summed E-state index contributed by atoms with van der Waals surface area (Å²) in [6, 6.07) is 0. The third-order valence-electron chi connectivity index (χ3n) is 6.57. The first-order valence-corrected chi connectivity index (χ1v) is 10.5. The van der Waals surface area contributed by atoms with Crippen LogP contribution >= 0.6 is 0 Å². The summed E-state index contributed by atoms with van der Waals surface area (Å²) in [4.78, 5) is 19.5. The molecule has 0 bridgehead atoms. The molecule has 0 radical (unpaired) electrons. The number of carbonyl (C=O) groups excluding carboxylic acids is 1. The van der Waals surface area contributed by atoms with Crippen LogP contribution in [0, 0.1) is 24.7 Å². The van der Waals surface area contributed by atoms with Gasteiger partial charge in [-0.2, -0.15) is 0 Å². The van der Waals surface area contributed by atoms with E-state index in [0.717, 1.165) is 44.8 Å². The molecule has 3 aliphatic rings. The van der Waals surface area contributed by atoms with Crippen LogP contribution in [0.2, 0.25) is 0 Å². The summed E-state index contributed by atoms with van der Waals surface area (Å²) in [7, 11) is 0. The van der Waals surface area contributed by atoms with Gasteiger partial charge in [-0.05, 0) is 56.8 Å². The Kier molecular flexibility index (Phi) is 5.14.